The molecule has 1 aromatic heterocycles. The third-order valence-corrected chi connectivity index (χ3v) is 5.86. The predicted molar refractivity (Wildman–Crippen MR) is 81.4 cm³/mol. The molecule has 2 atom stereocenters. The fourth-order valence-electron chi connectivity index (χ4n) is 3.26. The van der Waals surface area contributed by atoms with E-state index in [2.05, 4.69) is 0 Å². The van der Waals surface area contributed by atoms with Crippen molar-refractivity contribution in [3.63, 3.8) is 0 Å². The Hall–Kier alpha value is -1.20. The van der Waals surface area contributed by atoms with E-state index in [-0.39, 0.29) is 17.6 Å². The Bertz CT molecular complexity index is 578. The monoisotopic (exact) mass is 307 g/mol. The molecule has 0 aromatic carbocycles. The number of Topliss-reactive ketones (excluding diaryl/α,β-unsaturated/α-hetero) is 1. The predicted octanol–water partition coefficient (Wildman–Crippen LogP) is 2.11. The maximum absolute atomic E-state index is 12.4. The second-order valence-electron chi connectivity index (χ2n) is 6.49. The van der Waals surface area contributed by atoms with Crippen LogP contribution < -0.4 is 0 Å². The number of ketones is 1. The van der Waals surface area contributed by atoms with Crippen molar-refractivity contribution in [1.82, 2.24) is 4.90 Å². The van der Waals surface area contributed by atoms with E-state index in [1.54, 1.807) is 11.0 Å². The first-order valence-electron chi connectivity index (χ1n) is 7.48. The highest BCUT2D eigenvalue weighted by atomic mass is 32.1. The molecule has 2 aliphatic rings. The van der Waals surface area contributed by atoms with Crippen molar-refractivity contribution in [1.29, 1.82) is 0 Å². The quantitative estimate of drug-likeness (QED) is 0.867. The van der Waals surface area contributed by atoms with E-state index in [0.29, 0.717) is 30.3 Å². The minimum atomic E-state index is -0.686. The van der Waals surface area contributed by atoms with Gasteiger partial charge in [-0.25, -0.2) is 0 Å². The first-order valence-corrected chi connectivity index (χ1v) is 8.36. The first kappa shape index (κ1) is 14.7. The van der Waals surface area contributed by atoms with Crippen molar-refractivity contribution in [2.24, 2.45) is 11.8 Å². The Kier molecular flexibility index (Phi) is 3.66. The molecule has 21 heavy (non-hydrogen) atoms. The minimum absolute atomic E-state index is 0.0385. The molecule has 1 aliphatic heterocycles. The van der Waals surface area contributed by atoms with Gasteiger partial charge in [0.15, 0.2) is 5.78 Å². The van der Waals surface area contributed by atoms with Crippen LogP contribution in [0.15, 0.2) is 11.4 Å². The topological polar surface area (TPSA) is 57.6 Å². The van der Waals surface area contributed by atoms with Gasteiger partial charge in [-0.05, 0) is 42.7 Å². The van der Waals surface area contributed by atoms with Crippen LogP contribution in [0, 0.1) is 11.8 Å². The third kappa shape index (κ3) is 2.77. The summed E-state index contributed by atoms with van der Waals surface area (Å²) in [4.78, 5) is 26.2. The SMILES string of the molecule is CC(=O)c1cc(CC(=O)N2C[C@@H](C)[C@](O)(C3CC3)C2)cs1. The summed E-state index contributed by atoms with van der Waals surface area (Å²) in [5.41, 5.74) is 0.208. The molecule has 5 heteroatoms. The summed E-state index contributed by atoms with van der Waals surface area (Å²) in [7, 11) is 0. The lowest BCUT2D eigenvalue weighted by atomic mass is 9.88. The van der Waals surface area contributed by atoms with Gasteiger partial charge in [0.1, 0.15) is 0 Å². The van der Waals surface area contributed by atoms with Crippen LogP contribution in [-0.4, -0.2) is 40.4 Å². The summed E-state index contributed by atoms with van der Waals surface area (Å²) >= 11 is 1.39. The van der Waals surface area contributed by atoms with Crippen LogP contribution >= 0.6 is 11.3 Å². The summed E-state index contributed by atoms with van der Waals surface area (Å²) < 4.78 is 0. The standard InChI is InChI=1S/C16H21NO3S/c1-10-7-17(9-16(10,20)13-3-4-13)15(19)6-12-5-14(11(2)18)21-8-12/h5,8,10,13,20H,3-4,6-7,9H2,1-2H3/t10-,16+/m1/s1. The summed E-state index contributed by atoms with van der Waals surface area (Å²) in [6.45, 7) is 4.66. The van der Waals surface area contributed by atoms with E-state index in [1.165, 1.54) is 18.3 Å². The van der Waals surface area contributed by atoms with Crippen LogP contribution in [0.25, 0.3) is 0 Å². The van der Waals surface area contributed by atoms with Crippen LogP contribution in [0.3, 0.4) is 0 Å². The van der Waals surface area contributed by atoms with Gasteiger partial charge in [0, 0.05) is 19.0 Å². The number of carbonyl (C=O) groups excluding carboxylic acids is 2. The highest BCUT2D eigenvalue weighted by Crippen LogP contribution is 2.47. The number of thiophene rings is 1. The number of aliphatic hydroxyl groups is 1. The molecule has 1 amide bonds. The average molecular weight is 307 g/mol. The molecule has 1 N–H and O–H groups in total. The fourth-order valence-corrected chi connectivity index (χ4v) is 4.07. The van der Waals surface area contributed by atoms with E-state index >= 15 is 0 Å². The van der Waals surface area contributed by atoms with Crippen LogP contribution in [0.1, 0.15) is 41.9 Å². The molecule has 3 rings (SSSR count). The molecule has 1 aliphatic carbocycles. The Morgan fingerprint density at radius 1 is 1.48 bits per heavy atom. The molecule has 0 unspecified atom stereocenters. The Morgan fingerprint density at radius 3 is 2.76 bits per heavy atom. The van der Waals surface area contributed by atoms with Crippen molar-refractivity contribution in [2.75, 3.05) is 13.1 Å². The molecule has 0 radical (unpaired) electrons. The van der Waals surface area contributed by atoms with Crippen LogP contribution in [0.4, 0.5) is 0 Å². The number of likely N-dealkylation sites (tertiary alicyclic amines) is 1. The Balaban J connectivity index is 1.64. The number of carbonyl (C=O) groups is 2. The van der Waals surface area contributed by atoms with Crippen molar-refractivity contribution in [3.05, 3.63) is 21.9 Å². The van der Waals surface area contributed by atoms with E-state index in [4.69, 9.17) is 0 Å². The van der Waals surface area contributed by atoms with E-state index < -0.39 is 5.60 Å². The molecule has 0 spiro atoms. The van der Waals surface area contributed by atoms with Gasteiger partial charge in [0.2, 0.25) is 5.91 Å². The lowest BCUT2D eigenvalue weighted by molar-refractivity contribution is -0.130. The van der Waals surface area contributed by atoms with Gasteiger partial charge in [-0.1, -0.05) is 6.92 Å². The number of amides is 1. The molecule has 1 aromatic rings. The van der Waals surface area contributed by atoms with Gasteiger partial charge in [0.05, 0.1) is 16.9 Å². The smallest absolute Gasteiger partial charge is 0.227 e. The molecule has 1 saturated heterocycles. The molecule has 2 fully saturated rings. The lowest BCUT2D eigenvalue weighted by Crippen LogP contribution is -2.40. The van der Waals surface area contributed by atoms with Crippen LogP contribution in [0.2, 0.25) is 0 Å². The van der Waals surface area contributed by atoms with Gasteiger partial charge in [-0.3, -0.25) is 9.59 Å². The second kappa shape index (κ2) is 5.21. The zero-order valence-corrected chi connectivity index (χ0v) is 13.3. The molecular weight excluding hydrogens is 286 g/mol. The summed E-state index contributed by atoms with van der Waals surface area (Å²) in [6.07, 6.45) is 2.47. The van der Waals surface area contributed by atoms with E-state index in [1.807, 2.05) is 12.3 Å². The van der Waals surface area contributed by atoms with E-state index in [9.17, 15) is 14.7 Å². The number of β-amino-alcohol motifs (C(OH)–C–C–N with tert-alkyl or cyclic N) is 1. The number of hydrogen-bond donors (Lipinski definition) is 1. The van der Waals surface area contributed by atoms with Gasteiger partial charge in [0.25, 0.3) is 0 Å². The zero-order valence-electron chi connectivity index (χ0n) is 12.5. The molecule has 1 saturated carbocycles. The Labute approximate surface area is 128 Å². The van der Waals surface area contributed by atoms with Gasteiger partial charge in [-0.2, -0.15) is 0 Å². The van der Waals surface area contributed by atoms with Gasteiger partial charge < -0.3 is 10.0 Å². The molecule has 0 bridgehead atoms. The summed E-state index contributed by atoms with van der Waals surface area (Å²) in [6, 6.07) is 1.80. The highest BCUT2D eigenvalue weighted by Gasteiger charge is 2.53. The van der Waals surface area contributed by atoms with Gasteiger partial charge in [-0.15, -0.1) is 11.3 Å². The third-order valence-electron chi connectivity index (χ3n) is 4.78. The molecule has 2 heterocycles. The first-order chi connectivity index (χ1) is 9.90. The molecule has 114 valence electrons. The normalized spacial score (nSPS) is 28.9. The van der Waals surface area contributed by atoms with Crippen molar-refractivity contribution < 1.29 is 14.7 Å². The molecule has 4 nitrogen and oxygen atoms in total. The summed E-state index contributed by atoms with van der Waals surface area (Å²) in [5, 5.41) is 12.6. The highest BCUT2D eigenvalue weighted by molar-refractivity contribution is 7.12. The lowest BCUT2D eigenvalue weighted by Gasteiger charge is -2.26. The van der Waals surface area contributed by atoms with Crippen molar-refractivity contribution in [2.45, 2.75) is 38.7 Å². The largest absolute Gasteiger partial charge is 0.387 e. The minimum Gasteiger partial charge on any atom is -0.387 e. The number of hydrogen-bond acceptors (Lipinski definition) is 4. The van der Waals surface area contributed by atoms with Crippen molar-refractivity contribution >= 4 is 23.0 Å². The van der Waals surface area contributed by atoms with Gasteiger partial charge >= 0.3 is 0 Å². The average Bonchev–Trinajstić information content (AvgIpc) is 3.10. The number of rotatable bonds is 4. The Morgan fingerprint density at radius 2 is 2.19 bits per heavy atom. The van der Waals surface area contributed by atoms with Crippen LogP contribution in [0.5, 0.6) is 0 Å². The maximum atomic E-state index is 12.4. The molecular formula is C16H21NO3S. The van der Waals surface area contributed by atoms with Crippen molar-refractivity contribution in [3.8, 4) is 0 Å². The second-order valence-corrected chi connectivity index (χ2v) is 7.40. The van der Waals surface area contributed by atoms with Crippen LogP contribution in [-0.2, 0) is 11.2 Å². The maximum Gasteiger partial charge on any atom is 0.227 e. The fraction of sp³-hybridized carbons (Fsp3) is 0.625. The zero-order chi connectivity index (χ0) is 15.2. The summed E-state index contributed by atoms with van der Waals surface area (Å²) in [5.74, 6) is 0.600. The number of nitrogens with zero attached hydrogens (tertiary/aromatic N) is 1. The van der Waals surface area contributed by atoms with E-state index in [0.717, 1.165) is 18.4 Å².